The van der Waals surface area contributed by atoms with Gasteiger partial charge in [-0.3, -0.25) is 4.79 Å². The first-order chi connectivity index (χ1) is 15.2. The molecule has 0 radical (unpaired) electrons. The Hall–Kier alpha value is -2.41. The Balaban J connectivity index is 1.50. The van der Waals surface area contributed by atoms with E-state index in [-0.39, 0.29) is 29.3 Å². The zero-order valence-electron chi connectivity index (χ0n) is 19.1. The summed E-state index contributed by atoms with van der Waals surface area (Å²) >= 11 is 0. The summed E-state index contributed by atoms with van der Waals surface area (Å²) in [5.41, 5.74) is 2.62. The van der Waals surface area contributed by atoms with Gasteiger partial charge >= 0.3 is 0 Å². The fourth-order valence-electron chi connectivity index (χ4n) is 4.29. The highest BCUT2D eigenvalue weighted by Crippen LogP contribution is 2.20. The Morgan fingerprint density at radius 1 is 1.06 bits per heavy atom. The van der Waals surface area contributed by atoms with Crippen molar-refractivity contribution in [3.8, 4) is 5.75 Å². The van der Waals surface area contributed by atoms with Gasteiger partial charge in [0.05, 0.1) is 18.6 Å². The van der Waals surface area contributed by atoms with Crippen LogP contribution in [0.2, 0.25) is 0 Å². The molecule has 1 atom stereocenters. The molecule has 1 aliphatic rings. The maximum atomic E-state index is 12.5. The van der Waals surface area contributed by atoms with Crippen molar-refractivity contribution in [2.24, 2.45) is 0 Å². The van der Waals surface area contributed by atoms with Gasteiger partial charge in [-0.1, -0.05) is 36.4 Å². The second-order valence-corrected chi connectivity index (χ2v) is 9.62. The van der Waals surface area contributed by atoms with Crippen molar-refractivity contribution < 1.29 is 20.1 Å². The van der Waals surface area contributed by atoms with E-state index in [4.69, 9.17) is 0 Å². The normalized spacial score (nSPS) is 20.0. The molecule has 2 aromatic carbocycles. The van der Waals surface area contributed by atoms with Gasteiger partial charge in [-0.2, -0.15) is 0 Å². The highest BCUT2D eigenvalue weighted by molar-refractivity contribution is 5.78. The third kappa shape index (κ3) is 7.62. The fourth-order valence-corrected chi connectivity index (χ4v) is 4.29. The van der Waals surface area contributed by atoms with E-state index in [2.05, 4.69) is 36.6 Å². The molecule has 0 saturated heterocycles. The largest absolute Gasteiger partial charge is 0.508 e. The van der Waals surface area contributed by atoms with Crippen LogP contribution in [0.15, 0.2) is 48.5 Å². The summed E-state index contributed by atoms with van der Waals surface area (Å²) in [5, 5.41) is 36.0. The van der Waals surface area contributed by atoms with E-state index in [1.54, 1.807) is 24.3 Å². The molecule has 1 amide bonds. The summed E-state index contributed by atoms with van der Waals surface area (Å²) in [4.78, 5) is 12.5. The fraction of sp³-hybridized carbons (Fsp3) is 0.500. The van der Waals surface area contributed by atoms with Crippen LogP contribution in [0.3, 0.4) is 0 Å². The first-order valence-corrected chi connectivity index (χ1v) is 11.5. The van der Waals surface area contributed by atoms with E-state index < -0.39 is 6.10 Å². The Morgan fingerprint density at radius 2 is 1.72 bits per heavy atom. The second kappa shape index (κ2) is 10.9. The van der Waals surface area contributed by atoms with Gasteiger partial charge in [0.2, 0.25) is 5.91 Å². The number of benzene rings is 2. The van der Waals surface area contributed by atoms with Crippen LogP contribution in [-0.4, -0.2) is 45.5 Å². The third-order valence-corrected chi connectivity index (χ3v) is 6.12. The number of amides is 1. The molecule has 0 heterocycles. The van der Waals surface area contributed by atoms with Crippen LogP contribution in [0, 0.1) is 0 Å². The zero-order chi connectivity index (χ0) is 23.1. The van der Waals surface area contributed by atoms with Crippen molar-refractivity contribution in [2.45, 2.75) is 76.2 Å². The van der Waals surface area contributed by atoms with Crippen LogP contribution in [-0.2, 0) is 17.6 Å². The van der Waals surface area contributed by atoms with E-state index >= 15 is 0 Å². The molecule has 0 spiro atoms. The average molecular weight is 441 g/mol. The number of nitrogens with one attached hydrogen (secondary N) is 2. The number of hydrogen-bond acceptors (Lipinski definition) is 5. The lowest BCUT2D eigenvalue weighted by Gasteiger charge is -2.28. The number of aliphatic hydroxyl groups excluding tert-OH is 2. The van der Waals surface area contributed by atoms with Crippen LogP contribution in [0.1, 0.15) is 62.3 Å². The van der Waals surface area contributed by atoms with Crippen LogP contribution >= 0.6 is 0 Å². The molecule has 1 unspecified atom stereocenters. The van der Waals surface area contributed by atoms with Crippen molar-refractivity contribution in [1.29, 1.82) is 0 Å². The van der Waals surface area contributed by atoms with Gasteiger partial charge in [-0.25, -0.2) is 0 Å². The van der Waals surface area contributed by atoms with E-state index in [1.165, 1.54) is 0 Å². The summed E-state index contributed by atoms with van der Waals surface area (Å²) in [6, 6.07) is 14.8. The Labute approximate surface area is 190 Å². The number of carbonyl (C=O) groups excluding carboxylic acids is 1. The molecule has 1 aliphatic carbocycles. The molecule has 32 heavy (non-hydrogen) atoms. The third-order valence-electron chi connectivity index (χ3n) is 6.12. The topological polar surface area (TPSA) is 102 Å². The lowest BCUT2D eigenvalue weighted by atomic mass is 9.92. The molecule has 1 fully saturated rings. The minimum Gasteiger partial charge on any atom is -0.508 e. The van der Waals surface area contributed by atoms with Crippen LogP contribution < -0.4 is 10.6 Å². The van der Waals surface area contributed by atoms with Crippen molar-refractivity contribution in [3.05, 3.63) is 65.2 Å². The molecule has 174 valence electrons. The Kier molecular flexibility index (Phi) is 8.29. The van der Waals surface area contributed by atoms with Crippen LogP contribution in [0.4, 0.5) is 0 Å². The minimum atomic E-state index is -0.661. The number of hydrogen-bond donors (Lipinski definition) is 5. The van der Waals surface area contributed by atoms with Gasteiger partial charge in [0, 0.05) is 18.1 Å². The van der Waals surface area contributed by atoms with Gasteiger partial charge < -0.3 is 26.0 Å². The minimum absolute atomic E-state index is 0.0259. The highest BCUT2D eigenvalue weighted by atomic mass is 16.3. The number of phenolic OH excluding ortho intramolecular Hbond substituents is 1. The quantitative estimate of drug-likeness (QED) is 0.413. The smallest absolute Gasteiger partial charge is 0.224 e. The molecule has 2 aromatic rings. The first-order valence-electron chi connectivity index (χ1n) is 11.5. The maximum Gasteiger partial charge on any atom is 0.224 e. The summed E-state index contributed by atoms with van der Waals surface area (Å²) < 4.78 is 0. The number of carbonyl (C=O) groups is 1. The molecule has 3 rings (SSSR count). The molecule has 0 aliphatic heterocycles. The molecule has 1 saturated carbocycles. The highest BCUT2D eigenvalue weighted by Gasteiger charge is 2.22. The standard InChI is InChI=1S/C26H36N2O4/c1-26(2,27-17-24(31)20-6-10-22(29)11-7-20)16-19-5-3-4-18(14-19)15-25(32)28-21-8-12-23(30)13-9-21/h3-7,10-11,14,21,23-24,27,29-31H,8-9,12-13,15-17H2,1-2H3,(H,28,32). The van der Waals surface area contributed by atoms with Crippen LogP contribution in [0.25, 0.3) is 0 Å². The molecule has 6 heteroatoms. The molecule has 0 aromatic heterocycles. The number of aliphatic hydroxyl groups is 2. The van der Waals surface area contributed by atoms with E-state index in [0.29, 0.717) is 13.0 Å². The molecule has 5 N–H and O–H groups in total. The van der Waals surface area contributed by atoms with Gasteiger partial charge in [-0.15, -0.1) is 0 Å². The first kappa shape index (κ1) is 24.2. The van der Waals surface area contributed by atoms with Crippen LogP contribution in [0.5, 0.6) is 5.75 Å². The van der Waals surface area contributed by atoms with E-state index in [1.807, 2.05) is 12.1 Å². The predicted octanol–water partition coefficient (Wildman–Crippen LogP) is 3.00. The van der Waals surface area contributed by atoms with Gasteiger partial charge in [0.1, 0.15) is 5.75 Å². The van der Waals surface area contributed by atoms with Gasteiger partial charge in [0.25, 0.3) is 0 Å². The average Bonchev–Trinajstić information content (AvgIpc) is 2.74. The number of phenols is 1. The molecule has 0 bridgehead atoms. The van der Waals surface area contributed by atoms with Crippen molar-refractivity contribution >= 4 is 5.91 Å². The summed E-state index contributed by atoms with van der Waals surface area (Å²) in [6.07, 6.45) is 3.40. The van der Waals surface area contributed by atoms with Crippen molar-refractivity contribution in [1.82, 2.24) is 10.6 Å². The molecule has 6 nitrogen and oxygen atoms in total. The lowest BCUT2D eigenvalue weighted by Crippen LogP contribution is -2.43. The van der Waals surface area contributed by atoms with E-state index in [9.17, 15) is 20.1 Å². The lowest BCUT2D eigenvalue weighted by molar-refractivity contribution is -0.121. The molecular weight excluding hydrogens is 404 g/mol. The van der Waals surface area contributed by atoms with E-state index in [0.717, 1.165) is 48.8 Å². The second-order valence-electron chi connectivity index (χ2n) is 9.62. The summed E-state index contributed by atoms with van der Waals surface area (Å²) in [7, 11) is 0. The van der Waals surface area contributed by atoms with Gasteiger partial charge in [0.15, 0.2) is 0 Å². The monoisotopic (exact) mass is 440 g/mol. The SMILES string of the molecule is CC(C)(Cc1cccc(CC(=O)NC2CCC(O)CC2)c1)NCC(O)c1ccc(O)cc1. The summed E-state index contributed by atoms with van der Waals surface area (Å²) in [5.74, 6) is 0.207. The molecular formula is C26H36N2O4. The zero-order valence-corrected chi connectivity index (χ0v) is 19.1. The maximum absolute atomic E-state index is 12.5. The van der Waals surface area contributed by atoms with Crippen molar-refractivity contribution in [3.63, 3.8) is 0 Å². The number of rotatable bonds is 9. The van der Waals surface area contributed by atoms with Crippen molar-refractivity contribution in [2.75, 3.05) is 6.54 Å². The summed E-state index contributed by atoms with van der Waals surface area (Å²) in [6.45, 7) is 4.58. The Morgan fingerprint density at radius 3 is 2.41 bits per heavy atom. The number of aromatic hydroxyl groups is 1. The number of β-amino-alcohol motifs (C(OH)–C–C–N with tert-alkyl or cyclic N) is 1. The predicted molar refractivity (Wildman–Crippen MR) is 125 cm³/mol. The Bertz CT molecular complexity index is 874. The van der Waals surface area contributed by atoms with Gasteiger partial charge in [-0.05, 0) is 74.8 Å².